The summed E-state index contributed by atoms with van der Waals surface area (Å²) in [6.45, 7) is 9.53. The van der Waals surface area contributed by atoms with Crippen molar-refractivity contribution in [2.75, 3.05) is 0 Å². The summed E-state index contributed by atoms with van der Waals surface area (Å²) in [7, 11) is 0. The van der Waals surface area contributed by atoms with Crippen LogP contribution in [0.5, 0.6) is 34.5 Å². The lowest BCUT2D eigenvalue weighted by atomic mass is 9.87. The summed E-state index contributed by atoms with van der Waals surface area (Å²) in [6, 6.07) is 0. The van der Waals surface area contributed by atoms with Crippen LogP contribution in [0, 0.1) is 0 Å². The number of rotatable bonds is 16. The number of phenolic OH excluding ortho intramolecular Hbond substituents is 4. The molecule has 2 aromatic carbocycles. The van der Waals surface area contributed by atoms with E-state index in [9.17, 15) is 64.8 Å². The number of carbonyl (C=O) groups excluding carboxylic acids is 1. The van der Waals surface area contributed by atoms with Gasteiger partial charge in [0, 0.05) is 0 Å². The fourth-order valence-corrected chi connectivity index (χ4v) is 4.56. The molecule has 0 bridgehead atoms. The molecule has 0 unspecified atom stereocenters. The van der Waals surface area contributed by atoms with Crippen molar-refractivity contribution in [2.45, 2.75) is 78.4 Å². The van der Waals surface area contributed by atoms with Gasteiger partial charge in [0.1, 0.15) is 22.3 Å². The number of hydrogen-bond acceptors (Lipinski definition) is 13. The van der Waals surface area contributed by atoms with Crippen LogP contribution in [0.3, 0.4) is 0 Å². The van der Waals surface area contributed by atoms with E-state index in [0.717, 1.165) is 0 Å². The Morgan fingerprint density at radius 2 is 0.783 bits per heavy atom. The first-order valence-electron chi connectivity index (χ1n) is 13.6. The highest BCUT2D eigenvalue weighted by atomic mass is 17.2. The van der Waals surface area contributed by atoms with Crippen LogP contribution in [0.2, 0.25) is 0 Å². The first-order chi connectivity index (χ1) is 21.2. The van der Waals surface area contributed by atoms with Crippen LogP contribution in [0.1, 0.15) is 125 Å². The zero-order valence-corrected chi connectivity index (χ0v) is 25.6. The molecular formula is C29H34O17. The Balaban J connectivity index is 3.03. The Bertz CT molecular complexity index is 1470. The van der Waals surface area contributed by atoms with Crippen LogP contribution in [0.15, 0.2) is 0 Å². The normalized spacial score (nSPS) is 11.6. The van der Waals surface area contributed by atoms with Gasteiger partial charge < -0.3 is 50.6 Å². The minimum atomic E-state index is -2.24. The molecule has 2 aromatic rings. The number of hydrogen-bond donors (Lipinski definition) is 8. The molecule has 0 aliphatic carbocycles. The zero-order chi connectivity index (χ0) is 35.5. The van der Waals surface area contributed by atoms with Crippen LogP contribution in [0.4, 0.5) is 0 Å². The molecule has 0 heterocycles. The molecule has 252 valence electrons. The highest BCUT2D eigenvalue weighted by molar-refractivity contribution is 6.25. The molecule has 8 N–H and O–H groups in total. The molecule has 46 heavy (non-hydrogen) atoms. The first kappa shape index (κ1) is 36.9. The molecule has 0 spiro atoms. The number of phenols is 4. The smallest absolute Gasteiger partial charge is 0.340 e. The largest absolute Gasteiger partial charge is 0.504 e. The van der Waals surface area contributed by atoms with E-state index in [4.69, 9.17) is 19.6 Å². The maximum Gasteiger partial charge on any atom is 0.340 e. The Morgan fingerprint density at radius 3 is 1.02 bits per heavy atom. The van der Waals surface area contributed by atoms with E-state index in [2.05, 4.69) is 0 Å². The summed E-state index contributed by atoms with van der Waals surface area (Å²) < 4.78 is 0. The molecule has 0 fully saturated rings. The van der Waals surface area contributed by atoms with Crippen LogP contribution in [0.25, 0.3) is 0 Å². The molecule has 0 amide bonds. The molecule has 0 aromatic heterocycles. The highest BCUT2D eigenvalue weighted by Crippen LogP contribution is 2.49. The van der Waals surface area contributed by atoms with Crippen LogP contribution < -0.4 is 9.78 Å². The zero-order valence-electron chi connectivity index (χ0n) is 25.6. The Labute approximate surface area is 260 Å². The topological polar surface area (TPSA) is 284 Å². The molecular weight excluding hydrogens is 620 g/mol. The number of carboxylic acid groups (broad SMARTS) is 4. The minimum absolute atomic E-state index is 0.317. The lowest BCUT2D eigenvalue weighted by Crippen LogP contribution is -2.27. The number of aromatic hydroxyl groups is 4. The van der Waals surface area contributed by atoms with Crippen molar-refractivity contribution in [1.82, 2.24) is 0 Å². The average molecular weight is 655 g/mol. The summed E-state index contributed by atoms with van der Waals surface area (Å²) in [5, 5.41) is 82.7. The second-order valence-corrected chi connectivity index (χ2v) is 11.2. The van der Waals surface area contributed by atoms with E-state index in [-0.39, 0.29) is 0 Å². The summed E-state index contributed by atoms with van der Waals surface area (Å²) in [5.41, 5.74) is -11.6. The average Bonchev–Trinajstić information content (AvgIpc) is 2.92. The summed E-state index contributed by atoms with van der Waals surface area (Å²) in [5.74, 6) is -19.8. The van der Waals surface area contributed by atoms with E-state index < -0.39 is 109 Å². The monoisotopic (exact) mass is 654 g/mol. The van der Waals surface area contributed by atoms with Gasteiger partial charge in [0.15, 0.2) is 11.5 Å². The van der Waals surface area contributed by atoms with Gasteiger partial charge in [-0.25, -0.2) is 19.2 Å². The van der Waals surface area contributed by atoms with E-state index in [1.165, 1.54) is 27.7 Å². The second-order valence-electron chi connectivity index (χ2n) is 11.2. The molecule has 0 saturated carbocycles. The van der Waals surface area contributed by atoms with E-state index >= 15 is 0 Å². The molecule has 17 nitrogen and oxygen atoms in total. The maximum absolute atomic E-state index is 13.8. The number of carbonyl (C=O) groups is 5. The van der Waals surface area contributed by atoms with Crippen molar-refractivity contribution in [1.29, 1.82) is 0 Å². The Hall–Kier alpha value is -5.29. The summed E-state index contributed by atoms with van der Waals surface area (Å²) >= 11 is 0. The predicted molar refractivity (Wildman–Crippen MR) is 152 cm³/mol. The minimum Gasteiger partial charge on any atom is -0.504 e. The number of aromatic carboxylic acids is 4. The molecule has 0 aliphatic heterocycles. The summed E-state index contributed by atoms with van der Waals surface area (Å²) in [6.07, 6.45) is 1.72. The van der Waals surface area contributed by atoms with Crippen molar-refractivity contribution in [2.24, 2.45) is 0 Å². The molecule has 0 aliphatic rings. The second kappa shape index (κ2) is 13.8. The number of carboxylic acids is 4. The number of benzene rings is 2. The van der Waals surface area contributed by atoms with Gasteiger partial charge in [-0.05, 0) is 40.5 Å². The number of ketones is 1. The fourth-order valence-electron chi connectivity index (χ4n) is 4.56. The van der Waals surface area contributed by atoms with Gasteiger partial charge in [-0.15, -0.1) is 0 Å². The van der Waals surface area contributed by atoms with Gasteiger partial charge >= 0.3 is 23.9 Å². The van der Waals surface area contributed by atoms with Crippen LogP contribution in [-0.2, 0) is 9.78 Å². The van der Waals surface area contributed by atoms with Gasteiger partial charge in [0.2, 0.25) is 28.8 Å². The van der Waals surface area contributed by atoms with Crippen molar-refractivity contribution in [3.63, 3.8) is 0 Å². The Kier molecular flexibility index (Phi) is 11.1. The van der Waals surface area contributed by atoms with E-state index in [1.54, 1.807) is 13.8 Å². The SMILES string of the molecule is CCCC(C)(C)OOc1c(O)c(O)c(C(=O)c2c(O)c(O)c(OOC(C)(C)CCC)c(C(=O)O)c2C(=O)O)c(C(=O)O)c1C(=O)O. The highest BCUT2D eigenvalue weighted by Gasteiger charge is 2.42. The van der Waals surface area contributed by atoms with Crippen LogP contribution in [-0.4, -0.2) is 81.7 Å². The van der Waals surface area contributed by atoms with Crippen molar-refractivity contribution in [3.8, 4) is 34.5 Å². The molecule has 2 rings (SSSR count). The van der Waals surface area contributed by atoms with Gasteiger partial charge in [-0.1, -0.05) is 26.7 Å². The van der Waals surface area contributed by atoms with E-state index in [0.29, 0.717) is 25.7 Å². The Morgan fingerprint density at radius 1 is 0.500 bits per heavy atom. The quantitative estimate of drug-likeness (QED) is 0.0541. The lowest BCUT2D eigenvalue weighted by molar-refractivity contribution is -0.283. The van der Waals surface area contributed by atoms with Gasteiger partial charge in [-0.2, -0.15) is 9.78 Å². The third kappa shape index (κ3) is 7.32. The third-order valence-corrected chi connectivity index (χ3v) is 6.52. The van der Waals surface area contributed by atoms with Gasteiger partial charge in [-0.3, -0.25) is 4.79 Å². The lowest BCUT2D eigenvalue weighted by Gasteiger charge is -2.25. The standard InChI is InChI=1S/C29H34O17/c1-7-9-28(3,4)45-43-22-15(26(39)40)11(24(35)36)13(18(31)20(22)33)17(30)14-12(25(37)38)16(27(41)42)23(21(34)19(14)32)44-46-29(5,6)10-8-2/h31-34H,7-10H2,1-6H3,(H,35,36)(H,37,38)(H,39,40)(H,41,42). The summed E-state index contributed by atoms with van der Waals surface area (Å²) in [4.78, 5) is 83.3. The van der Waals surface area contributed by atoms with Crippen molar-refractivity contribution in [3.05, 3.63) is 33.4 Å². The van der Waals surface area contributed by atoms with E-state index in [1.807, 2.05) is 0 Å². The van der Waals surface area contributed by atoms with Gasteiger partial charge in [0.05, 0.1) is 22.3 Å². The molecule has 17 heteroatoms. The van der Waals surface area contributed by atoms with Crippen molar-refractivity contribution >= 4 is 29.7 Å². The molecule has 0 saturated heterocycles. The fraction of sp³-hybridized carbons (Fsp3) is 0.414. The van der Waals surface area contributed by atoms with Crippen LogP contribution >= 0.6 is 0 Å². The molecule has 0 radical (unpaired) electrons. The van der Waals surface area contributed by atoms with Crippen molar-refractivity contribution < 1.29 is 84.4 Å². The predicted octanol–water partition coefficient (Wildman–Crippen LogP) is 4.31. The maximum atomic E-state index is 13.8. The van der Waals surface area contributed by atoms with Gasteiger partial charge in [0.25, 0.3) is 0 Å². The third-order valence-electron chi connectivity index (χ3n) is 6.52. The molecule has 0 atom stereocenters. The first-order valence-corrected chi connectivity index (χ1v) is 13.6.